The molecule has 7 heteroatoms. The molecule has 5 aromatic carbocycles. The molecule has 2 unspecified atom stereocenters. The largest absolute Gasteiger partial charge is 0.338 e. The minimum absolute atomic E-state index is 0.197. The highest BCUT2D eigenvalue weighted by Crippen LogP contribution is 2.49. The van der Waals surface area contributed by atoms with E-state index in [1.54, 1.807) is 11.3 Å². The molecular weight excluding hydrogens is 861 g/mol. The standard InChI is InChI=1S/C62H50N6S/c1-3-4-20-39(2)52-36-50(40-21-10-5-11-22-40)46-32-34-49-56(66-62(44-29-18-9-19-30-44)68-60(49)57(46)63-52)54-35-45(38-69-54)55-48-33-31-47-51(41-23-12-6-13-24-41)37-53(42-25-14-7-15-26-42)64-58(47)59(48)67-61(65-55)43-27-16-8-17-28-43/h3-30,35-38,55-56H,31-34H2,1-2H3,(H,65,67)(H,66,68)/b4-3-,39-20+. The molecule has 334 valence electrons. The van der Waals surface area contributed by atoms with Crippen molar-refractivity contribution in [2.75, 3.05) is 0 Å². The minimum Gasteiger partial charge on any atom is -0.338 e. The molecule has 0 saturated carbocycles. The number of amidine groups is 2. The van der Waals surface area contributed by atoms with Crippen LogP contribution < -0.4 is 10.6 Å². The summed E-state index contributed by atoms with van der Waals surface area (Å²) < 4.78 is 0. The number of nitrogens with zero attached hydrogens (tertiary/aromatic N) is 4. The SMILES string of the molecule is C/C=C\C=C(/C)c1cc(-c2ccccc2)c2c(n1)C1=C(CC2)C(c2cc(C3N=C(c4ccccc4)NC4=C3CCc3c(-c5ccccc5)cc(-c5ccccc5)nc34)cs2)N=C(c2ccccc2)N1. The summed E-state index contributed by atoms with van der Waals surface area (Å²) in [5, 5.41) is 10.1. The number of hydrogen-bond donors (Lipinski definition) is 2. The van der Waals surface area contributed by atoms with Gasteiger partial charge in [0.15, 0.2) is 0 Å². The summed E-state index contributed by atoms with van der Waals surface area (Å²) in [6, 6.07) is 59.7. The van der Waals surface area contributed by atoms with E-state index in [0.29, 0.717) is 0 Å². The highest BCUT2D eigenvalue weighted by molar-refractivity contribution is 7.10. The fraction of sp³-hybridized carbons (Fsp3) is 0.129. The molecule has 0 radical (unpaired) electrons. The lowest BCUT2D eigenvalue weighted by molar-refractivity contribution is 0.727. The molecule has 12 rings (SSSR count). The zero-order chi connectivity index (χ0) is 46.3. The molecule has 0 bridgehead atoms. The van der Waals surface area contributed by atoms with E-state index in [9.17, 15) is 0 Å². The van der Waals surface area contributed by atoms with Gasteiger partial charge >= 0.3 is 0 Å². The Labute approximate surface area is 408 Å². The van der Waals surface area contributed by atoms with Crippen LogP contribution in [-0.4, -0.2) is 21.6 Å². The molecule has 4 aliphatic rings. The number of benzene rings is 5. The van der Waals surface area contributed by atoms with Crippen LogP contribution >= 0.6 is 11.3 Å². The highest BCUT2D eigenvalue weighted by Gasteiger charge is 2.37. The van der Waals surface area contributed by atoms with Crippen LogP contribution in [0.4, 0.5) is 0 Å². The highest BCUT2D eigenvalue weighted by atomic mass is 32.1. The van der Waals surface area contributed by atoms with Gasteiger partial charge < -0.3 is 10.6 Å². The van der Waals surface area contributed by atoms with Gasteiger partial charge in [0.1, 0.15) is 23.8 Å². The number of hydrogen-bond acceptors (Lipinski definition) is 7. The summed E-state index contributed by atoms with van der Waals surface area (Å²) in [6.45, 7) is 4.20. The van der Waals surface area contributed by atoms with Crippen LogP contribution in [0.3, 0.4) is 0 Å². The summed E-state index contributed by atoms with van der Waals surface area (Å²) in [7, 11) is 0. The van der Waals surface area contributed by atoms with E-state index < -0.39 is 0 Å². The van der Waals surface area contributed by atoms with Crippen molar-refractivity contribution in [2.24, 2.45) is 9.98 Å². The van der Waals surface area contributed by atoms with Gasteiger partial charge in [-0.25, -0.2) is 9.97 Å². The van der Waals surface area contributed by atoms with Crippen LogP contribution in [0.5, 0.6) is 0 Å². The third-order valence-corrected chi connectivity index (χ3v) is 14.8. The molecule has 2 aliphatic heterocycles. The van der Waals surface area contributed by atoms with Crippen molar-refractivity contribution >= 4 is 40.0 Å². The summed E-state index contributed by atoms with van der Waals surface area (Å²) in [5.41, 5.74) is 21.5. The van der Waals surface area contributed by atoms with Crippen molar-refractivity contribution in [1.82, 2.24) is 20.6 Å². The maximum atomic E-state index is 5.61. The molecule has 69 heavy (non-hydrogen) atoms. The Morgan fingerprint density at radius 2 is 1.01 bits per heavy atom. The quantitative estimate of drug-likeness (QED) is 0.142. The van der Waals surface area contributed by atoms with E-state index in [1.807, 2.05) is 6.92 Å². The van der Waals surface area contributed by atoms with Crippen molar-refractivity contribution in [3.63, 3.8) is 0 Å². The summed E-state index contributed by atoms with van der Waals surface area (Å²) in [6.07, 6.45) is 9.76. The van der Waals surface area contributed by atoms with Gasteiger partial charge in [0.25, 0.3) is 0 Å². The van der Waals surface area contributed by atoms with Crippen molar-refractivity contribution in [3.8, 4) is 33.5 Å². The van der Waals surface area contributed by atoms with Gasteiger partial charge in [0.2, 0.25) is 0 Å². The minimum atomic E-state index is -0.207. The molecule has 0 amide bonds. The lowest BCUT2D eigenvalue weighted by Gasteiger charge is -2.33. The monoisotopic (exact) mass is 910 g/mol. The predicted molar refractivity (Wildman–Crippen MR) is 286 cm³/mol. The van der Waals surface area contributed by atoms with Crippen molar-refractivity contribution in [1.29, 1.82) is 0 Å². The molecule has 3 aromatic heterocycles. The van der Waals surface area contributed by atoms with Crippen molar-refractivity contribution < 1.29 is 0 Å². The molecule has 0 saturated heterocycles. The maximum Gasteiger partial charge on any atom is 0.133 e. The first-order valence-electron chi connectivity index (χ1n) is 24.0. The number of rotatable bonds is 9. The number of fused-ring (bicyclic) bond motifs is 4. The first kappa shape index (κ1) is 42.4. The molecular formula is C62H50N6S. The summed E-state index contributed by atoms with van der Waals surface area (Å²) in [4.78, 5) is 23.5. The van der Waals surface area contributed by atoms with Crippen LogP contribution in [0, 0.1) is 0 Å². The molecule has 2 N–H and O–H groups in total. The smallest absolute Gasteiger partial charge is 0.133 e. The number of aliphatic imine (C=N–C) groups is 2. The van der Waals surface area contributed by atoms with Crippen LogP contribution in [0.15, 0.2) is 215 Å². The van der Waals surface area contributed by atoms with Gasteiger partial charge in [0, 0.05) is 21.6 Å². The summed E-state index contributed by atoms with van der Waals surface area (Å²) in [5.74, 6) is 1.70. The second-order valence-corrected chi connectivity index (χ2v) is 19.0. The van der Waals surface area contributed by atoms with E-state index in [2.05, 4.69) is 211 Å². The summed E-state index contributed by atoms with van der Waals surface area (Å²) >= 11 is 1.79. The van der Waals surface area contributed by atoms with Crippen LogP contribution in [0.1, 0.15) is 88.5 Å². The maximum absolute atomic E-state index is 5.61. The topological polar surface area (TPSA) is 74.6 Å². The van der Waals surface area contributed by atoms with Gasteiger partial charge in [-0.1, -0.05) is 170 Å². The third-order valence-electron chi connectivity index (χ3n) is 13.8. The predicted octanol–water partition coefficient (Wildman–Crippen LogP) is 14.4. The lowest BCUT2D eigenvalue weighted by atomic mass is 9.81. The Morgan fingerprint density at radius 1 is 0.536 bits per heavy atom. The van der Waals surface area contributed by atoms with E-state index >= 15 is 0 Å². The Kier molecular flexibility index (Phi) is 11.2. The molecule has 6 nitrogen and oxygen atoms in total. The second-order valence-electron chi connectivity index (χ2n) is 18.1. The Hall–Kier alpha value is -8.00. The molecule has 2 aliphatic carbocycles. The molecule has 5 heterocycles. The third kappa shape index (κ3) is 7.98. The average molecular weight is 911 g/mol. The Bertz CT molecular complexity index is 3440. The van der Waals surface area contributed by atoms with Gasteiger partial charge in [-0.3, -0.25) is 9.98 Å². The molecule has 2 atom stereocenters. The number of allylic oxidation sites excluding steroid dienone is 4. The number of pyridine rings is 2. The van der Waals surface area contributed by atoms with Gasteiger partial charge in [-0.05, 0) is 119 Å². The first-order valence-corrected chi connectivity index (χ1v) is 24.9. The van der Waals surface area contributed by atoms with E-state index in [0.717, 1.165) is 93.8 Å². The zero-order valence-electron chi connectivity index (χ0n) is 38.7. The normalized spacial score (nSPS) is 17.5. The Balaban J connectivity index is 1.01. The second kappa shape index (κ2) is 18.2. The Morgan fingerprint density at radius 3 is 1.57 bits per heavy atom. The van der Waals surface area contributed by atoms with Crippen molar-refractivity contribution in [3.05, 3.63) is 254 Å². The fourth-order valence-corrected chi connectivity index (χ4v) is 11.4. The average Bonchev–Trinajstić information content (AvgIpc) is 3.92. The lowest BCUT2D eigenvalue weighted by Crippen LogP contribution is -2.33. The van der Waals surface area contributed by atoms with Crippen LogP contribution in [0.2, 0.25) is 0 Å². The van der Waals surface area contributed by atoms with E-state index in [4.69, 9.17) is 20.0 Å². The fourth-order valence-electron chi connectivity index (χ4n) is 10.4. The molecule has 0 spiro atoms. The molecule has 8 aromatic rings. The van der Waals surface area contributed by atoms with E-state index in [-0.39, 0.29) is 12.1 Å². The first-order chi connectivity index (χ1) is 34.1. The zero-order valence-corrected chi connectivity index (χ0v) is 39.5. The van der Waals surface area contributed by atoms with Crippen molar-refractivity contribution in [2.45, 2.75) is 51.6 Å². The van der Waals surface area contributed by atoms with Gasteiger partial charge in [-0.2, -0.15) is 0 Å². The molecule has 0 fully saturated rings. The van der Waals surface area contributed by atoms with Gasteiger partial charge in [0.05, 0.1) is 34.2 Å². The number of thiophene rings is 1. The van der Waals surface area contributed by atoms with E-state index in [1.165, 1.54) is 55.0 Å². The number of aromatic nitrogens is 2. The van der Waals surface area contributed by atoms with Gasteiger partial charge in [-0.15, -0.1) is 11.3 Å². The van der Waals surface area contributed by atoms with Crippen LogP contribution in [0.25, 0.3) is 50.5 Å². The number of nitrogens with one attached hydrogen (secondary N) is 2. The van der Waals surface area contributed by atoms with Crippen LogP contribution in [-0.2, 0) is 12.8 Å².